The molecule has 176 valence electrons. The van der Waals surface area contributed by atoms with E-state index in [2.05, 4.69) is 9.30 Å². The highest BCUT2D eigenvalue weighted by atomic mass is 19.3. The number of halogens is 2. The van der Waals surface area contributed by atoms with Gasteiger partial charge in [-0.1, -0.05) is 60.7 Å². The average Bonchev–Trinajstić information content (AvgIpc) is 3.21. The minimum Gasteiger partial charge on any atom is -0.497 e. The number of fused-ring (bicyclic) bond motifs is 1. The lowest BCUT2D eigenvalue weighted by molar-refractivity contribution is -0.172. The van der Waals surface area contributed by atoms with Gasteiger partial charge >= 0.3 is 11.9 Å². The third-order valence-corrected chi connectivity index (χ3v) is 5.94. The molecule has 0 aliphatic rings. The minimum atomic E-state index is -3.64. The average molecular weight is 464 g/mol. The van der Waals surface area contributed by atoms with Gasteiger partial charge in [0.1, 0.15) is 5.75 Å². The van der Waals surface area contributed by atoms with Crippen molar-refractivity contribution in [1.29, 1.82) is 0 Å². The Morgan fingerprint density at radius 1 is 0.971 bits per heavy atom. The zero-order valence-electron chi connectivity index (χ0n) is 19.2. The van der Waals surface area contributed by atoms with E-state index in [-0.39, 0.29) is 6.61 Å². The van der Waals surface area contributed by atoms with Gasteiger partial charge in [0.15, 0.2) is 0 Å². The summed E-state index contributed by atoms with van der Waals surface area (Å²) in [6.45, 7) is 2.02. The Labute approximate surface area is 197 Å². The molecule has 1 heterocycles. The summed E-state index contributed by atoms with van der Waals surface area (Å²) < 4.78 is 42.0. The summed E-state index contributed by atoms with van der Waals surface area (Å²) in [5, 5.41) is 0.874. The first-order chi connectivity index (χ1) is 16.4. The van der Waals surface area contributed by atoms with Crippen LogP contribution >= 0.6 is 0 Å². The molecule has 6 heteroatoms. The summed E-state index contributed by atoms with van der Waals surface area (Å²) in [6, 6.07) is 24.8. The van der Waals surface area contributed by atoms with Crippen LogP contribution in [0.15, 0.2) is 85.1 Å². The molecule has 0 saturated carbocycles. The molecule has 0 radical (unpaired) electrons. The van der Waals surface area contributed by atoms with E-state index in [0.717, 1.165) is 22.0 Å². The number of ether oxygens (including phenoxy) is 2. The molecule has 0 bridgehead atoms. The predicted molar refractivity (Wildman–Crippen MR) is 129 cm³/mol. The number of hydrogen-bond acceptors (Lipinski definition) is 3. The van der Waals surface area contributed by atoms with Crippen molar-refractivity contribution in [2.45, 2.75) is 31.7 Å². The maximum Gasteiger partial charge on any atom is 0.377 e. The third kappa shape index (κ3) is 4.96. The van der Waals surface area contributed by atoms with Crippen LogP contribution in [0, 0.1) is 0 Å². The molecule has 0 saturated heterocycles. The predicted octanol–water partition coefficient (Wildman–Crippen LogP) is 6.42. The van der Waals surface area contributed by atoms with Gasteiger partial charge in [-0.05, 0) is 41.8 Å². The zero-order chi connectivity index (χ0) is 24.1. The Kier molecular flexibility index (Phi) is 6.96. The number of para-hydroxylation sites is 1. The molecule has 4 aromatic rings. The number of benzene rings is 3. The van der Waals surface area contributed by atoms with Crippen LogP contribution in [0.3, 0.4) is 0 Å². The number of carbonyl (C=O) groups is 1. The third-order valence-electron chi connectivity index (χ3n) is 5.94. The maximum absolute atomic E-state index is 15.0. The van der Waals surface area contributed by atoms with Crippen molar-refractivity contribution < 1.29 is 23.0 Å². The lowest BCUT2D eigenvalue weighted by Gasteiger charge is -2.23. The van der Waals surface area contributed by atoms with E-state index < -0.39 is 24.2 Å². The van der Waals surface area contributed by atoms with E-state index in [4.69, 9.17) is 4.74 Å². The molecule has 4 rings (SSSR count). The molecule has 34 heavy (non-hydrogen) atoms. The smallest absolute Gasteiger partial charge is 0.377 e. The normalized spacial score (nSPS) is 12.5. The fraction of sp³-hybridized carbons (Fsp3) is 0.250. The topological polar surface area (TPSA) is 40.5 Å². The second-order valence-electron chi connectivity index (χ2n) is 8.17. The quantitative estimate of drug-likeness (QED) is 0.269. The Morgan fingerprint density at radius 2 is 1.65 bits per heavy atom. The van der Waals surface area contributed by atoms with Crippen LogP contribution in [0.2, 0.25) is 0 Å². The lowest BCUT2D eigenvalue weighted by Crippen LogP contribution is -2.33. The number of nitrogens with zero attached hydrogens (tertiary/aromatic N) is 1. The second-order valence-corrected chi connectivity index (χ2v) is 8.17. The van der Waals surface area contributed by atoms with Gasteiger partial charge in [0.25, 0.3) is 0 Å². The second kappa shape index (κ2) is 10.1. The van der Waals surface area contributed by atoms with Crippen LogP contribution in [-0.2, 0) is 16.1 Å². The Morgan fingerprint density at radius 3 is 2.32 bits per heavy atom. The van der Waals surface area contributed by atoms with Crippen LogP contribution in [0.4, 0.5) is 8.78 Å². The van der Waals surface area contributed by atoms with Gasteiger partial charge in [-0.3, -0.25) is 0 Å². The van der Waals surface area contributed by atoms with Gasteiger partial charge in [0.05, 0.1) is 13.7 Å². The van der Waals surface area contributed by atoms with E-state index in [1.54, 1.807) is 31.4 Å². The van der Waals surface area contributed by atoms with Crippen molar-refractivity contribution >= 4 is 16.9 Å². The molecular formula is C28H27F2NO3. The summed E-state index contributed by atoms with van der Waals surface area (Å²) in [5.41, 5.74) is 3.46. The van der Waals surface area contributed by atoms with Crippen LogP contribution < -0.4 is 4.74 Å². The SMILES string of the molecule is CCOC(=O)C(F)(F)CC(c1ccc(OC)cc1)c1cn(Cc2ccccc2)c2ccccc12. The fourth-order valence-corrected chi connectivity index (χ4v) is 4.28. The van der Waals surface area contributed by atoms with Crippen molar-refractivity contribution in [2.24, 2.45) is 0 Å². The molecule has 0 N–H and O–H groups in total. The van der Waals surface area contributed by atoms with Gasteiger partial charge in [-0.25, -0.2) is 4.79 Å². The van der Waals surface area contributed by atoms with Crippen molar-refractivity contribution in [2.75, 3.05) is 13.7 Å². The molecule has 1 atom stereocenters. The summed E-state index contributed by atoms with van der Waals surface area (Å²) in [7, 11) is 1.55. The summed E-state index contributed by atoms with van der Waals surface area (Å²) in [6.07, 6.45) is 1.23. The molecular weight excluding hydrogens is 436 g/mol. The monoisotopic (exact) mass is 463 g/mol. The van der Waals surface area contributed by atoms with Crippen LogP contribution in [0.1, 0.15) is 36.0 Å². The van der Waals surface area contributed by atoms with Crippen LogP contribution in [-0.4, -0.2) is 30.2 Å². The number of aromatic nitrogens is 1. The Hall–Kier alpha value is -3.67. The van der Waals surface area contributed by atoms with Gasteiger partial charge in [-0.2, -0.15) is 8.78 Å². The summed E-state index contributed by atoms with van der Waals surface area (Å²) >= 11 is 0. The van der Waals surface area contributed by atoms with Gasteiger partial charge in [-0.15, -0.1) is 0 Å². The number of esters is 1. The molecule has 0 aliphatic heterocycles. The molecule has 1 aromatic heterocycles. The number of alkyl halides is 2. The largest absolute Gasteiger partial charge is 0.497 e. The number of carbonyl (C=O) groups excluding carboxylic acids is 1. The van der Waals surface area contributed by atoms with E-state index in [1.165, 1.54) is 6.92 Å². The van der Waals surface area contributed by atoms with Gasteiger partial charge in [0.2, 0.25) is 0 Å². The molecule has 0 aliphatic carbocycles. The van der Waals surface area contributed by atoms with Gasteiger partial charge < -0.3 is 14.0 Å². The van der Waals surface area contributed by atoms with Crippen LogP contribution in [0.25, 0.3) is 10.9 Å². The van der Waals surface area contributed by atoms with Crippen molar-refractivity contribution in [3.8, 4) is 5.75 Å². The van der Waals surface area contributed by atoms with E-state index >= 15 is 8.78 Å². The van der Waals surface area contributed by atoms with Crippen molar-refractivity contribution in [3.63, 3.8) is 0 Å². The van der Waals surface area contributed by atoms with Crippen molar-refractivity contribution in [3.05, 3.63) is 102 Å². The minimum absolute atomic E-state index is 0.0992. The number of methoxy groups -OCH3 is 1. The van der Waals surface area contributed by atoms with E-state index in [1.807, 2.05) is 60.8 Å². The lowest BCUT2D eigenvalue weighted by atomic mass is 9.86. The molecule has 4 nitrogen and oxygen atoms in total. The molecule has 3 aromatic carbocycles. The Balaban J connectivity index is 1.82. The van der Waals surface area contributed by atoms with E-state index in [9.17, 15) is 4.79 Å². The Bertz CT molecular complexity index is 1250. The zero-order valence-corrected chi connectivity index (χ0v) is 19.2. The highest BCUT2D eigenvalue weighted by Gasteiger charge is 2.44. The first-order valence-corrected chi connectivity index (χ1v) is 11.2. The molecule has 0 fully saturated rings. The summed E-state index contributed by atoms with van der Waals surface area (Å²) in [5.74, 6) is -5.23. The molecule has 0 amide bonds. The summed E-state index contributed by atoms with van der Waals surface area (Å²) in [4.78, 5) is 12.1. The first kappa shape index (κ1) is 23.5. The number of rotatable bonds is 9. The van der Waals surface area contributed by atoms with Crippen LogP contribution in [0.5, 0.6) is 5.75 Å². The van der Waals surface area contributed by atoms with E-state index in [0.29, 0.717) is 17.9 Å². The first-order valence-electron chi connectivity index (χ1n) is 11.2. The highest BCUT2D eigenvalue weighted by molar-refractivity contribution is 5.85. The maximum atomic E-state index is 15.0. The highest BCUT2D eigenvalue weighted by Crippen LogP contribution is 2.40. The van der Waals surface area contributed by atoms with Gasteiger partial charge in [0, 0.05) is 36.0 Å². The standard InChI is InChI=1S/C28H27F2NO3/c1-3-34-27(32)28(29,30)17-24(21-13-15-22(33-2)16-14-21)25-19-31(18-20-9-5-4-6-10-20)26-12-8-7-11-23(25)26/h4-16,19,24H,3,17-18H2,1-2H3. The molecule has 1 unspecified atom stereocenters. The molecule has 0 spiro atoms. The van der Waals surface area contributed by atoms with Crippen molar-refractivity contribution in [1.82, 2.24) is 4.57 Å². The number of hydrogen-bond donors (Lipinski definition) is 0. The fourth-order valence-electron chi connectivity index (χ4n) is 4.28.